The Kier molecular flexibility index (Phi) is 8.37. The second kappa shape index (κ2) is 10.3. The Labute approximate surface area is 155 Å². The average Bonchev–Trinajstić information content (AvgIpc) is 2.98. The fourth-order valence-corrected chi connectivity index (χ4v) is 3.41. The molecule has 0 atom stereocenters. The summed E-state index contributed by atoms with van der Waals surface area (Å²) < 4.78 is 13.5. The molecule has 0 radical (unpaired) electrons. The maximum Gasteiger partial charge on any atom is 0.135 e. The van der Waals surface area contributed by atoms with Crippen LogP contribution in [0.3, 0.4) is 0 Å². The predicted molar refractivity (Wildman–Crippen MR) is 102 cm³/mol. The van der Waals surface area contributed by atoms with Gasteiger partial charge in [0.05, 0.1) is 6.54 Å². The van der Waals surface area contributed by atoms with Gasteiger partial charge in [0, 0.05) is 27.7 Å². The standard InChI is InChI=1S/C18H23Br2NO2/c1-2-3-10-22-11-4-9-21-13-15-6-8-18(23-15)16-7-5-14(19)12-17(16)20/h5-8,12,21H,2-4,9-11,13H2,1H3. The highest BCUT2D eigenvalue weighted by Crippen LogP contribution is 2.31. The van der Waals surface area contributed by atoms with E-state index in [1.807, 2.05) is 30.3 Å². The molecule has 0 fully saturated rings. The van der Waals surface area contributed by atoms with Gasteiger partial charge in [0.1, 0.15) is 11.5 Å². The van der Waals surface area contributed by atoms with Gasteiger partial charge in [0.2, 0.25) is 0 Å². The fourth-order valence-electron chi connectivity index (χ4n) is 2.17. The molecule has 0 aliphatic heterocycles. The molecule has 126 valence electrons. The number of rotatable bonds is 10. The van der Waals surface area contributed by atoms with Crippen LogP contribution in [0.2, 0.25) is 0 Å². The first-order chi connectivity index (χ1) is 11.2. The van der Waals surface area contributed by atoms with Gasteiger partial charge in [-0.15, -0.1) is 0 Å². The van der Waals surface area contributed by atoms with Crippen molar-refractivity contribution in [1.82, 2.24) is 5.32 Å². The second-order valence-electron chi connectivity index (χ2n) is 5.39. The Morgan fingerprint density at radius 3 is 2.70 bits per heavy atom. The topological polar surface area (TPSA) is 34.4 Å². The van der Waals surface area contributed by atoms with Gasteiger partial charge >= 0.3 is 0 Å². The minimum Gasteiger partial charge on any atom is -0.460 e. The summed E-state index contributed by atoms with van der Waals surface area (Å²) in [6, 6.07) is 10.1. The number of nitrogens with one attached hydrogen (secondary N) is 1. The quantitative estimate of drug-likeness (QED) is 0.472. The Morgan fingerprint density at radius 1 is 1.09 bits per heavy atom. The maximum absolute atomic E-state index is 5.91. The molecule has 3 nitrogen and oxygen atoms in total. The molecule has 0 saturated carbocycles. The summed E-state index contributed by atoms with van der Waals surface area (Å²) in [5.74, 6) is 1.82. The van der Waals surface area contributed by atoms with Gasteiger partial charge in [0.15, 0.2) is 0 Å². The van der Waals surface area contributed by atoms with Crippen molar-refractivity contribution in [3.63, 3.8) is 0 Å². The molecule has 1 aromatic carbocycles. The zero-order valence-corrected chi connectivity index (χ0v) is 16.6. The van der Waals surface area contributed by atoms with Crippen molar-refractivity contribution in [2.45, 2.75) is 32.7 Å². The molecule has 1 heterocycles. The Bertz CT molecular complexity index is 598. The van der Waals surface area contributed by atoms with E-state index < -0.39 is 0 Å². The van der Waals surface area contributed by atoms with Crippen LogP contribution in [0.15, 0.2) is 43.7 Å². The van der Waals surface area contributed by atoms with Crippen LogP contribution in [-0.4, -0.2) is 19.8 Å². The molecule has 0 aliphatic carbocycles. The van der Waals surface area contributed by atoms with Gasteiger partial charge in [-0.25, -0.2) is 0 Å². The minimum atomic E-state index is 0.739. The van der Waals surface area contributed by atoms with Crippen molar-refractivity contribution in [3.05, 3.63) is 45.0 Å². The van der Waals surface area contributed by atoms with E-state index in [2.05, 4.69) is 44.1 Å². The normalized spacial score (nSPS) is 11.1. The molecule has 2 rings (SSSR count). The van der Waals surface area contributed by atoms with Crippen molar-refractivity contribution < 1.29 is 9.15 Å². The zero-order valence-electron chi connectivity index (χ0n) is 13.4. The first-order valence-corrected chi connectivity index (χ1v) is 9.62. The largest absolute Gasteiger partial charge is 0.460 e. The molecule has 0 spiro atoms. The van der Waals surface area contributed by atoms with Gasteiger partial charge in [0.25, 0.3) is 0 Å². The van der Waals surface area contributed by atoms with Crippen LogP contribution in [0.4, 0.5) is 0 Å². The van der Waals surface area contributed by atoms with E-state index in [0.717, 1.165) is 65.2 Å². The van der Waals surface area contributed by atoms with E-state index in [9.17, 15) is 0 Å². The summed E-state index contributed by atoms with van der Waals surface area (Å²) in [5.41, 5.74) is 1.06. The fraction of sp³-hybridized carbons (Fsp3) is 0.444. The molecule has 2 aromatic rings. The summed E-state index contributed by atoms with van der Waals surface area (Å²) >= 11 is 7.03. The monoisotopic (exact) mass is 443 g/mol. The van der Waals surface area contributed by atoms with Crippen molar-refractivity contribution >= 4 is 31.9 Å². The zero-order chi connectivity index (χ0) is 16.5. The number of ether oxygens (including phenoxy) is 1. The number of hydrogen-bond acceptors (Lipinski definition) is 3. The van der Waals surface area contributed by atoms with Crippen LogP contribution >= 0.6 is 31.9 Å². The SMILES string of the molecule is CCCCOCCCNCc1ccc(-c2ccc(Br)cc2Br)o1. The first kappa shape index (κ1) is 18.7. The Morgan fingerprint density at radius 2 is 1.91 bits per heavy atom. The lowest BCUT2D eigenvalue weighted by molar-refractivity contribution is 0.128. The van der Waals surface area contributed by atoms with E-state index in [0.29, 0.717) is 0 Å². The third-order valence-electron chi connectivity index (χ3n) is 3.44. The number of halogens is 2. The summed E-state index contributed by atoms with van der Waals surface area (Å²) in [6.07, 6.45) is 3.36. The van der Waals surface area contributed by atoms with E-state index in [4.69, 9.17) is 9.15 Å². The third kappa shape index (κ3) is 6.42. The molecule has 23 heavy (non-hydrogen) atoms. The lowest BCUT2D eigenvalue weighted by Crippen LogP contribution is -2.16. The van der Waals surface area contributed by atoms with Crippen LogP contribution in [0.1, 0.15) is 31.9 Å². The van der Waals surface area contributed by atoms with Crippen LogP contribution in [0.5, 0.6) is 0 Å². The van der Waals surface area contributed by atoms with Gasteiger partial charge in [-0.3, -0.25) is 0 Å². The lowest BCUT2D eigenvalue weighted by Gasteiger charge is -2.05. The molecule has 1 aromatic heterocycles. The van der Waals surface area contributed by atoms with Crippen LogP contribution in [0, 0.1) is 0 Å². The number of benzene rings is 1. The van der Waals surface area contributed by atoms with E-state index >= 15 is 0 Å². The summed E-state index contributed by atoms with van der Waals surface area (Å²) in [6.45, 7) is 5.55. The van der Waals surface area contributed by atoms with Crippen LogP contribution < -0.4 is 5.32 Å². The number of unbranched alkanes of at least 4 members (excludes halogenated alkanes) is 1. The molecule has 0 unspecified atom stereocenters. The second-order valence-corrected chi connectivity index (χ2v) is 7.16. The number of hydrogen-bond donors (Lipinski definition) is 1. The summed E-state index contributed by atoms with van der Waals surface area (Å²) in [4.78, 5) is 0. The third-order valence-corrected chi connectivity index (χ3v) is 4.59. The molecule has 0 saturated heterocycles. The molecular weight excluding hydrogens is 422 g/mol. The molecule has 1 N–H and O–H groups in total. The number of furan rings is 1. The smallest absolute Gasteiger partial charge is 0.135 e. The lowest BCUT2D eigenvalue weighted by atomic mass is 10.2. The molecule has 5 heteroatoms. The van der Waals surface area contributed by atoms with Crippen molar-refractivity contribution in [1.29, 1.82) is 0 Å². The molecule has 0 amide bonds. The highest BCUT2D eigenvalue weighted by molar-refractivity contribution is 9.11. The Hall–Kier alpha value is -0.620. The van der Waals surface area contributed by atoms with E-state index in [-0.39, 0.29) is 0 Å². The van der Waals surface area contributed by atoms with Crippen LogP contribution in [0.25, 0.3) is 11.3 Å². The van der Waals surface area contributed by atoms with Gasteiger partial charge in [-0.05, 0) is 65.6 Å². The maximum atomic E-state index is 5.91. The predicted octanol–water partition coefficient (Wildman–Crippen LogP) is 5.77. The molecule has 0 bridgehead atoms. The summed E-state index contributed by atoms with van der Waals surface area (Å²) in [7, 11) is 0. The Balaban J connectivity index is 1.73. The van der Waals surface area contributed by atoms with E-state index in [1.165, 1.54) is 6.42 Å². The van der Waals surface area contributed by atoms with Gasteiger partial charge in [-0.1, -0.05) is 29.3 Å². The van der Waals surface area contributed by atoms with Gasteiger partial charge in [-0.2, -0.15) is 0 Å². The van der Waals surface area contributed by atoms with Crippen molar-refractivity contribution in [3.8, 4) is 11.3 Å². The highest BCUT2D eigenvalue weighted by atomic mass is 79.9. The molecular formula is C18H23Br2NO2. The van der Waals surface area contributed by atoms with Crippen LogP contribution in [-0.2, 0) is 11.3 Å². The van der Waals surface area contributed by atoms with Crippen molar-refractivity contribution in [2.24, 2.45) is 0 Å². The van der Waals surface area contributed by atoms with E-state index in [1.54, 1.807) is 0 Å². The van der Waals surface area contributed by atoms with Crippen molar-refractivity contribution in [2.75, 3.05) is 19.8 Å². The first-order valence-electron chi connectivity index (χ1n) is 8.03. The summed E-state index contributed by atoms with van der Waals surface area (Å²) in [5, 5.41) is 3.39. The molecule has 0 aliphatic rings. The average molecular weight is 445 g/mol. The minimum absolute atomic E-state index is 0.739. The highest BCUT2D eigenvalue weighted by Gasteiger charge is 2.08. The van der Waals surface area contributed by atoms with Gasteiger partial charge < -0.3 is 14.5 Å².